The fourth-order valence-corrected chi connectivity index (χ4v) is 4.45. The minimum atomic E-state index is -4.45. The largest absolute Gasteiger partial charge is 0.416 e. The fraction of sp³-hybridized carbons (Fsp3) is 0.381. The van der Waals surface area contributed by atoms with E-state index in [1.807, 2.05) is 0 Å². The van der Waals surface area contributed by atoms with Crippen molar-refractivity contribution in [2.24, 2.45) is 0 Å². The van der Waals surface area contributed by atoms with Crippen LogP contribution < -0.4 is 15.5 Å². The van der Waals surface area contributed by atoms with Crippen LogP contribution in [0.5, 0.6) is 0 Å². The van der Waals surface area contributed by atoms with Crippen molar-refractivity contribution in [3.05, 3.63) is 42.5 Å². The van der Waals surface area contributed by atoms with Crippen molar-refractivity contribution in [1.29, 1.82) is 0 Å². The zero-order valence-electron chi connectivity index (χ0n) is 18.3. The third-order valence-electron chi connectivity index (χ3n) is 6.21. The number of H-pyrrole nitrogens is 1. The molecule has 10 nitrogen and oxygen atoms in total. The number of amides is 3. The average molecular weight is 511 g/mol. The Morgan fingerprint density at radius 2 is 1.83 bits per heavy atom. The Balaban J connectivity index is 0.00000289. The van der Waals surface area contributed by atoms with Crippen LogP contribution in [-0.4, -0.2) is 68.5 Å². The maximum Gasteiger partial charge on any atom is 0.416 e. The van der Waals surface area contributed by atoms with E-state index in [0.29, 0.717) is 38.1 Å². The number of carbonyl (C=O) groups excluding carboxylic acids is 2. The Kier molecular flexibility index (Phi) is 6.45. The number of hydrogen-bond acceptors (Lipinski definition) is 6. The second-order valence-corrected chi connectivity index (χ2v) is 8.48. The molecule has 0 bridgehead atoms. The number of piperidine rings is 1. The van der Waals surface area contributed by atoms with E-state index in [4.69, 9.17) is 0 Å². The Hall–Kier alpha value is -3.61. The summed E-state index contributed by atoms with van der Waals surface area (Å²) in [6.07, 6.45) is -0.0843. The van der Waals surface area contributed by atoms with Gasteiger partial charge in [-0.2, -0.15) is 13.2 Å². The summed E-state index contributed by atoms with van der Waals surface area (Å²) in [5.41, 5.74) is 0.325. The van der Waals surface area contributed by atoms with Crippen molar-refractivity contribution in [2.45, 2.75) is 24.6 Å². The molecular weight excluding hydrogens is 489 g/mol. The first kappa shape index (κ1) is 24.5. The predicted molar refractivity (Wildman–Crippen MR) is 123 cm³/mol. The van der Waals surface area contributed by atoms with Crippen molar-refractivity contribution >= 4 is 47.0 Å². The van der Waals surface area contributed by atoms with Crippen LogP contribution in [0.2, 0.25) is 0 Å². The van der Waals surface area contributed by atoms with Crippen LogP contribution in [0, 0.1) is 0 Å². The molecule has 1 aromatic carbocycles. The minimum Gasteiger partial charge on any atom is -0.355 e. The van der Waals surface area contributed by atoms with Crippen LogP contribution in [-0.2, 0) is 11.0 Å². The number of benzene rings is 1. The van der Waals surface area contributed by atoms with Gasteiger partial charge in [0.05, 0.1) is 17.4 Å². The summed E-state index contributed by atoms with van der Waals surface area (Å²) in [5, 5.41) is 5.56. The molecule has 35 heavy (non-hydrogen) atoms. The van der Waals surface area contributed by atoms with Gasteiger partial charge in [-0.3, -0.25) is 4.79 Å². The van der Waals surface area contributed by atoms with Gasteiger partial charge in [-0.15, -0.1) is 12.4 Å². The summed E-state index contributed by atoms with van der Waals surface area (Å²) in [7, 11) is 0. The third-order valence-corrected chi connectivity index (χ3v) is 6.21. The lowest BCUT2D eigenvalue weighted by Crippen LogP contribution is -2.52. The Morgan fingerprint density at radius 1 is 1.11 bits per heavy atom. The molecule has 1 spiro atoms. The number of aromatic amines is 1. The van der Waals surface area contributed by atoms with Gasteiger partial charge in [0.15, 0.2) is 11.5 Å². The van der Waals surface area contributed by atoms with Gasteiger partial charge in [-0.25, -0.2) is 19.7 Å². The van der Waals surface area contributed by atoms with Gasteiger partial charge in [0.1, 0.15) is 18.4 Å². The number of rotatable bonds is 4. The molecule has 5 rings (SSSR count). The van der Waals surface area contributed by atoms with Gasteiger partial charge < -0.3 is 25.4 Å². The summed E-state index contributed by atoms with van der Waals surface area (Å²) in [6.45, 7) is 1.47. The Labute approximate surface area is 203 Å². The van der Waals surface area contributed by atoms with Crippen LogP contribution in [0.3, 0.4) is 0 Å². The lowest BCUT2D eigenvalue weighted by molar-refractivity contribution is -0.137. The number of fused-ring (bicyclic) bond motifs is 1. The number of imidazole rings is 1. The standard InChI is InChI=1S/C21H21F3N8O2.ClH/c22-21(23,24)13-1-3-14(4-2-13)29-15(33)9-32-10-20(30-19(32)34)5-7-31(8-6-20)18-16-17(26-11-25-16)27-12-28-18;/h1-4,11-12H,5-10H2,(H,29,33)(H,30,34)(H,25,26,27,28);1H. The highest BCUT2D eigenvalue weighted by atomic mass is 35.5. The molecule has 14 heteroatoms. The summed E-state index contributed by atoms with van der Waals surface area (Å²) >= 11 is 0. The summed E-state index contributed by atoms with van der Waals surface area (Å²) in [6, 6.07) is 3.83. The summed E-state index contributed by atoms with van der Waals surface area (Å²) in [5.74, 6) is 0.279. The molecule has 2 fully saturated rings. The third kappa shape index (κ3) is 4.94. The molecule has 0 unspecified atom stereocenters. The molecule has 4 heterocycles. The van der Waals surface area contributed by atoms with Crippen molar-refractivity contribution in [3.8, 4) is 0 Å². The van der Waals surface area contributed by atoms with Crippen molar-refractivity contribution < 1.29 is 22.8 Å². The maximum atomic E-state index is 12.7. The highest BCUT2D eigenvalue weighted by molar-refractivity contribution is 5.95. The number of nitrogens with one attached hydrogen (secondary N) is 3. The molecule has 2 saturated heterocycles. The molecule has 0 aliphatic carbocycles. The second kappa shape index (κ2) is 9.21. The van der Waals surface area contributed by atoms with Crippen LogP contribution in [0.15, 0.2) is 36.9 Å². The highest BCUT2D eigenvalue weighted by Crippen LogP contribution is 2.32. The molecule has 0 saturated carbocycles. The second-order valence-electron chi connectivity index (χ2n) is 8.48. The van der Waals surface area contributed by atoms with E-state index in [2.05, 4.69) is 35.5 Å². The maximum absolute atomic E-state index is 12.7. The normalized spacial score (nSPS) is 17.4. The van der Waals surface area contributed by atoms with E-state index in [9.17, 15) is 22.8 Å². The molecule has 0 atom stereocenters. The monoisotopic (exact) mass is 510 g/mol. The van der Waals surface area contributed by atoms with Gasteiger partial charge >= 0.3 is 12.2 Å². The molecule has 186 valence electrons. The number of hydrogen-bond donors (Lipinski definition) is 3. The Bertz CT molecular complexity index is 1230. The molecule has 3 amide bonds. The van der Waals surface area contributed by atoms with E-state index >= 15 is 0 Å². The van der Waals surface area contributed by atoms with E-state index in [1.165, 1.54) is 23.4 Å². The lowest BCUT2D eigenvalue weighted by atomic mass is 9.88. The van der Waals surface area contributed by atoms with Crippen molar-refractivity contribution in [2.75, 3.05) is 36.4 Å². The molecule has 2 aliphatic heterocycles. The minimum absolute atomic E-state index is 0. The quantitative estimate of drug-likeness (QED) is 0.496. The van der Waals surface area contributed by atoms with Gasteiger partial charge in [0, 0.05) is 25.3 Å². The number of aromatic nitrogens is 4. The van der Waals surface area contributed by atoms with Crippen molar-refractivity contribution in [3.63, 3.8) is 0 Å². The number of carbonyl (C=O) groups is 2. The Morgan fingerprint density at radius 3 is 2.51 bits per heavy atom. The molecule has 2 aromatic heterocycles. The van der Waals surface area contributed by atoms with Crippen LogP contribution in [0.25, 0.3) is 11.2 Å². The number of halogens is 4. The first-order valence-electron chi connectivity index (χ1n) is 10.7. The van der Waals surface area contributed by atoms with E-state index in [1.54, 1.807) is 6.33 Å². The fourth-order valence-electron chi connectivity index (χ4n) is 4.45. The van der Waals surface area contributed by atoms with E-state index < -0.39 is 23.2 Å². The van der Waals surface area contributed by atoms with Crippen molar-refractivity contribution in [1.82, 2.24) is 30.2 Å². The molecular formula is C21H22ClF3N8O2. The van der Waals surface area contributed by atoms with Gasteiger partial charge in [0.25, 0.3) is 0 Å². The first-order chi connectivity index (χ1) is 16.2. The zero-order chi connectivity index (χ0) is 23.9. The number of nitrogens with zero attached hydrogens (tertiary/aromatic N) is 5. The van der Waals surface area contributed by atoms with Gasteiger partial charge in [-0.1, -0.05) is 0 Å². The first-order valence-corrected chi connectivity index (χ1v) is 10.7. The average Bonchev–Trinajstić information content (AvgIpc) is 3.39. The molecule has 3 aromatic rings. The number of alkyl halides is 3. The van der Waals surface area contributed by atoms with Gasteiger partial charge in [-0.05, 0) is 37.1 Å². The highest BCUT2D eigenvalue weighted by Gasteiger charge is 2.45. The van der Waals surface area contributed by atoms with Crippen LogP contribution in [0.1, 0.15) is 18.4 Å². The summed E-state index contributed by atoms with van der Waals surface area (Å²) < 4.78 is 38.1. The molecule has 3 N–H and O–H groups in total. The van der Waals surface area contributed by atoms with Crippen LogP contribution in [0.4, 0.5) is 29.5 Å². The summed E-state index contributed by atoms with van der Waals surface area (Å²) in [4.78, 5) is 44.2. The topological polar surface area (TPSA) is 119 Å². The lowest BCUT2D eigenvalue weighted by Gasteiger charge is -2.39. The SMILES string of the molecule is Cl.O=C(CN1CC2(CCN(c3ncnc4nc[nH]c34)CC2)NC1=O)Nc1ccc(C(F)(F)F)cc1. The zero-order valence-corrected chi connectivity index (χ0v) is 19.1. The number of anilines is 2. The van der Waals surface area contributed by atoms with Gasteiger partial charge in [0.2, 0.25) is 5.91 Å². The van der Waals surface area contributed by atoms with E-state index in [-0.39, 0.29) is 30.7 Å². The number of urea groups is 1. The van der Waals surface area contributed by atoms with Crippen LogP contribution >= 0.6 is 12.4 Å². The smallest absolute Gasteiger partial charge is 0.355 e. The molecule has 2 aliphatic rings. The van der Waals surface area contributed by atoms with E-state index in [0.717, 1.165) is 23.5 Å². The predicted octanol–water partition coefficient (Wildman–Crippen LogP) is 2.80. The molecule has 0 radical (unpaired) electrons.